The van der Waals surface area contributed by atoms with Crippen LogP contribution < -0.4 is 15.2 Å². The van der Waals surface area contributed by atoms with Crippen LogP contribution in [0.1, 0.15) is 12.0 Å². The molecule has 0 heterocycles. The van der Waals surface area contributed by atoms with Crippen molar-refractivity contribution >= 4 is 17.3 Å². The van der Waals surface area contributed by atoms with Gasteiger partial charge in [0.15, 0.2) is 0 Å². The van der Waals surface area contributed by atoms with E-state index in [-0.39, 0.29) is 0 Å². The molecule has 0 unspecified atom stereocenters. The van der Waals surface area contributed by atoms with Crippen LogP contribution in [0.2, 0.25) is 5.02 Å². The lowest BCUT2D eigenvalue weighted by atomic mass is 10.2. The third kappa shape index (κ3) is 4.07. The van der Waals surface area contributed by atoms with E-state index in [2.05, 4.69) is 0 Å². The van der Waals surface area contributed by atoms with Crippen molar-refractivity contribution in [2.75, 3.05) is 18.9 Å². The molecule has 0 bridgehead atoms. The fourth-order valence-electron chi connectivity index (χ4n) is 1.75. The van der Waals surface area contributed by atoms with Gasteiger partial charge in [0, 0.05) is 22.7 Å². The fourth-order valence-corrected chi connectivity index (χ4v) is 1.88. The normalized spacial score (nSPS) is 10.3. The molecule has 0 fully saturated rings. The highest BCUT2D eigenvalue weighted by Gasteiger charge is 2.02. The van der Waals surface area contributed by atoms with E-state index in [1.807, 2.05) is 49.4 Å². The lowest BCUT2D eigenvalue weighted by molar-refractivity contribution is 0.246. The van der Waals surface area contributed by atoms with Crippen LogP contribution in [-0.4, -0.2) is 13.2 Å². The van der Waals surface area contributed by atoms with Gasteiger partial charge < -0.3 is 15.2 Å². The molecule has 0 saturated carbocycles. The SMILES string of the molecule is Cc1c(N)cccc1OCCCOc1ccc(Cl)cc1. The van der Waals surface area contributed by atoms with Gasteiger partial charge in [-0.15, -0.1) is 0 Å². The number of hydrogen-bond donors (Lipinski definition) is 1. The summed E-state index contributed by atoms with van der Waals surface area (Å²) in [5, 5.41) is 0.706. The number of nitrogen functional groups attached to an aromatic ring is 1. The molecule has 0 saturated heterocycles. The van der Waals surface area contributed by atoms with Crippen molar-refractivity contribution in [2.24, 2.45) is 0 Å². The van der Waals surface area contributed by atoms with E-state index >= 15 is 0 Å². The molecule has 0 radical (unpaired) electrons. The summed E-state index contributed by atoms with van der Waals surface area (Å²) >= 11 is 5.81. The van der Waals surface area contributed by atoms with Crippen molar-refractivity contribution in [3.63, 3.8) is 0 Å². The second-order valence-corrected chi connectivity index (χ2v) is 4.91. The van der Waals surface area contributed by atoms with Crippen LogP contribution in [0.3, 0.4) is 0 Å². The number of ether oxygens (including phenoxy) is 2. The Kier molecular flexibility index (Phi) is 5.13. The molecule has 0 atom stereocenters. The van der Waals surface area contributed by atoms with Crippen LogP contribution in [0.15, 0.2) is 42.5 Å². The zero-order valence-corrected chi connectivity index (χ0v) is 12.2. The number of rotatable bonds is 6. The lowest BCUT2D eigenvalue weighted by Crippen LogP contribution is -2.06. The molecule has 0 spiro atoms. The molecule has 0 aliphatic rings. The Hall–Kier alpha value is -1.87. The molecular formula is C16H18ClNO2. The molecule has 0 aromatic heterocycles. The van der Waals surface area contributed by atoms with Crippen LogP contribution in [-0.2, 0) is 0 Å². The first-order valence-corrected chi connectivity index (χ1v) is 6.91. The van der Waals surface area contributed by atoms with Gasteiger partial charge in [0.2, 0.25) is 0 Å². The van der Waals surface area contributed by atoms with Gasteiger partial charge in [-0.1, -0.05) is 17.7 Å². The molecule has 2 aromatic carbocycles. The molecular weight excluding hydrogens is 274 g/mol. The van der Waals surface area contributed by atoms with Crippen molar-refractivity contribution in [3.8, 4) is 11.5 Å². The van der Waals surface area contributed by atoms with Gasteiger partial charge in [0.1, 0.15) is 11.5 Å². The standard InChI is InChI=1S/C16H18ClNO2/c1-12-15(18)4-2-5-16(12)20-11-3-10-19-14-8-6-13(17)7-9-14/h2,4-9H,3,10-11,18H2,1H3. The summed E-state index contributed by atoms with van der Waals surface area (Å²) in [5.41, 5.74) is 7.55. The Bertz CT molecular complexity index is 555. The van der Waals surface area contributed by atoms with E-state index in [1.165, 1.54) is 0 Å². The van der Waals surface area contributed by atoms with Gasteiger partial charge >= 0.3 is 0 Å². The molecule has 3 nitrogen and oxygen atoms in total. The van der Waals surface area contributed by atoms with E-state index in [0.29, 0.717) is 18.2 Å². The smallest absolute Gasteiger partial charge is 0.124 e. The number of anilines is 1. The van der Waals surface area contributed by atoms with E-state index in [4.69, 9.17) is 26.8 Å². The molecule has 2 aromatic rings. The Labute approximate surface area is 124 Å². The molecule has 0 amide bonds. The van der Waals surface area contributed by atoms with E-state index < -0.39 is 0 Å². The molecule has 2 rings (SSSR count). The first kappa shape index (κ1) is 14.5. The minimum atomic E-state index is 0.595. The summed E-state index contributed by atoms with van der Waals surface area (Å²) in [6.45, 7) is 3.15. The van der Waals surface area contributed by atoms with Crippen molar-refractivity contribution in [1.82, 2.24) is 0 Å². The van der Waals surface area contributed by atoms with Crippen LogP contribution in [0.5, 0.6) is 11.5 Å². The van der Waals surface area contributed by atoms with Crippen LogP contribution >= 0.6 is 11.6 Å². The monoisotopic (exact) mass is 291 g/mol. The molecule has 0 aliphatic heterocycles. The molecule has 106 valence electrons. The van der Waals surface area contributed by atoms with Crippen molar-refractivity contribution in [1.29, 1.82) is 0 Å². The predicted molar refractivity (Wildman–Crippen MR) is 82.7 cm³/mol. The molecule has 20 heavy (non-hydrogen) atoms. The maximum absolute atomic E-state index is 5.82. The van der Waals surface area contributed by atoms with Gasteiger partial charge in [-0.05, 0) is 43.3 Å². The van der Waals surface area contributed by atoms with Crippen molar-refractivity contribution in [3.05, 3.63) is 53.1 Å². The summed E-state index contributed by atoms with van der Waals surface area (Å²) in [6, 6.07) is 13.0. The van der Waals surface area contributed by atoms with Crippen LogP contribution in [0, 0.1) is 6.92 Å². The van der Waals surface area contributed by atoms with Gasteiger partial charge in [-0.2, -0.15) is 0 Å². The number of halogens is 1. The third-order valence-electron chi connectivity index (χ3n) is 2.95. The average molecular weight is 292 g/mol. The largest absolute Gasteiger partial charge is 0.493 e. The van der Waals surface area contributed by atoms with E-state index in [1.54, 1.807) is 0 Å². The summed E-state index contributed by atoms with van der Waals surface area (Å²) in [7, 11) is 0. The quantitative estimate of drug-likeness (QED) is 0.644. The van der Waals surface area contributed by atoms with Crippen LogP contribution in [0.4, 0.5) is 5.69 Å². The zero-order chi connectivity index (χ0) is 14.4. The highest BCUT2D eigenvalue weighted by molar-refractivity contribution is 6.30. The summed E-state index contributed by atoms with van der Waals surface area (Å²) < 4.78 is 11.3. The second kappa shape index (κ2) is 7.06. The first-order chi connectivity index (χ1) is 9.66. The molecule has 4 heteroatoms. The second-order valence-electron chi connectivity index (χ2n) is 4.47. The maximum atomic E-state index is 5.82. The Balaban J connectivity index is 1.71. The Morgan fingerprint density at radius 1 is 1.00 bits per heavy atom. The van der Waals surface area contributed by atoms with Gasteiger partial charge in [-0.25, -0.2) is 0 Å². The summed E-state index contributed by atoms with van der Waals surface area (Å²) in [5.74, 6) is 1.64. The topological polar surface area (TPSA) is 44.5 Å². The Morgan fingerprint density at radius 2 is 1.70 bits per heavy atom. The highest BCUT2D eigenvalue weighted by Crippen LogP contribution is 2.23. The number of benzene rings is 2. The third-order valence-corrected chi connectivity index (χ3v) is 3.21. The minimum absolute atomic E-state index is 0.595. The van der Waals surface area contributed by atoms with E-state index in [0.717, 1.165) is 29.2 Å². The van der Waals surface area contributed by atoms with Gasteiger partial charge in [-0.3, -0.25) is 0 Å². The van der Waals surface area contributed by atoms with Crippen molar-refractivity contribution in [2.45, 2.75) is 13.3 Å². The maximum Gasteiger partial charge on any atom is 0.124 e. The average Bonchev–Trinajstić information content (AvgIpc) is 2.45. The number of hydrogen-bond acceptors (Lipinski definition) is 3. The lowest BCUT2D eigenvalue weighted by Gasteiger charge is -2.11. The predicted octanol–water partition coefficient (Wildman–Crippen LogP) is 4.08. The molecule has 0 aliphatic carbocycles. The van der Waals surface area contributed by atoms with Crippen molar-refractivity contribution < 1.29 is 9.47 Å². The van der Waals surface area contributed by atoms with E-state index in [9.17, 15) is 0 Å². The highest BCUT2D eigenvalue weighted by atomic mass is 35.5. The van der Waals surface area contributed by atoms with Gasteiger partial charge in [0.05, 0.1) is 13.2 Å². The van der Waals surface area contributed by atoms with Crippen LogP contribution in [0.25, 0.3) is 0 Å². The Morgan fingerprint density at radius 3 is 2.45 bits per heavy atom. The number of nitrogens with two attached hydrogens (primary N) is 1. The zero-order valence-electron chi connectivity index (χ0n) is 11.4. The first-order valence-electron chi connectivity index (χ1n) is 6.53. The summed E-state index contributed by atoms with van der Waals surface area (Å²) in [6.07, 6.45) is 0.802. The molecule has 2 N–H and O–H groups in total. The van der Waals surface area contributed by atoms with Gasteiger partial charge in [0.25, 0.3) is 0 Å². The minimum Gasteiger partial charge on any atom is -0.493 e. The summed E-state index contributed by atoms with van der Waals surface area (Å²) in [4.78, 5) is 0. The fraction of sp³-hybridized carbons (Fsp3) is 0.250.